The number of carbonyl (C=O) groups excluding carboxylic acids is 2. The van der Waals surface area contributed by atoms with Gasteiger partial charge in [0.1, 0.15) is 6.61 Å². The van der Waals surface area contributed by atoms with E-state index in [1.807, 2.05) is 31.2 Å². The lowest BCUT2D eigenvalue weighted by Gasteiger charge is -2.19. The van der Waals surface area contributed by atoms with Crippen LogP contribution in [0.15, 0.2) is 48.5 Å². The van der Waals surface area contributed by atoms with E-state index < -0.39 is 24.1 Å². The largest absolute Gasteiger partial charge is 0.481 e. The van der Waals surface area contributed by atoms with Crippen LogP contribution in [0, 0.1) is 0 Å². The molecule has 0 aromatic heterocycles. The van der Waals surface area contributed by atoms with Crippen LogP contribution < -0.4 is 10.6 Å². The average molecular weight is 424 g/mol. The predicted molar refractivity (Wildman–Crippen MR) is 117 cm³/mol. The molecule has 2 aromatic rings. The smallest absolute Gasteiger partial charge is 0.407 e. The van der Waals surface area contributed by atoms with Crippen molar-refractivity contribution >= 4 is 18.0 Å². The van der Waals surface area contributed by atoms with E-state index >= 15 is 0 Å². The Morgan fingerprint density at radius 2 is 1.55 bits per heavy atom. The molecule has 164 valence electrons. The molecule has 7 nitrogen and oxygen atoms in total. The third-order valence-corrected chi connectivity index (χ3v) is 5.48. The minimum Gasteiger partial charge on any atom is -0.481 e. The van der Waals surface area contributed by atoms with E-state index in [0.29, 0.717) is 6.42 Å². The molecule has 1 aliphatic rings. The maximum atomic E-state index is 12.3. The van der Waals surface area contributed by atoms with Gasteiger partial charge in [-0.3, -0.25) is 9.59 Å². The summed E-state index contributed by atoms with van der Waals surface area (Å²) < 4.78 is 5.49. The summed E-state index contributed by atoms with van der Waals surface area (Å²) in [6.07, 6.45) is -0.150. The third-order valence-electron chi connectivity index (χ3n) is 5.48. The number of rotatable bonds is 9. The summed E-state index contributed by atoms with van der Waals surface area (Å²) in [6, 6.07) is 15.3. The number of aliphatic carboxylic acids is 1. The summed E-state index contributed by atoms with van der Waals surface area (Å²) >= 11 is 0. The van der Waals surface area contributed by atoms with Gasteiger partial charge in [-0.1, -0.05) is 55.5 Å². The summed E-state index contributed by atoms with van der Waals surface area (Å²) in [6.45, 7) is 3.72. The highest BCUT2D eigenvalue weighted by atomic mass is 16.5. The normalized spacial score (nSPS) is 14.1. The monoisotopic (exact) mass is 424 g/mol. The maximum absolute atomic E-state index is 12.3. The fourth-order valence-corrected chi connectivity index (χ4v) is 3.97. The summed E-state index contributed by atoms with van der Waals surface area (Å²) in [5, 5.41) is 14.2. The molecule has 0 saturated heterocycles. The predicted octanol–water partition coefficient (Wildman–Crippen LogP) is 3.67. The van der Waals surface area contributed by atoms with Crippen molar-refractivity contribution in [3.8, 4) is 11.1 Å². The molecule has 0 heterocycles. The van der Waals surface area contributed by atoms with E-state index in [-0.39, 0.29) is 31.3 Å². The maximum Gasteiger partial charge on any atom is 0.407 e. The average Bonchev–Trinajstić information content (AvgIpc) is 3.05. The molecule has 2 amide bonds. The van der Waals surface area contributed by atoms with Crippen LogP contribution in [0.5, 0.6) is 0 Å². The van der Waals surface area contributed by atoms with Crippen LogP contribution in [0.2, 0.25) is 0 Å². The van der Waals surface area contributed by atoms with Gasteiger partial charge in [0.25, 0.3) is 0 Å². The minimum atomic E-state index is -0.961. The van der Waals surface area contributed by atoms with Gasteiger partial charge in [0.15, 0.2) is 0 Å². The molecule has 3 N–H and O–H groups in total. The van der Waals surface area contributed by atoms with E-state index in [0.717, 1.165) is 22.3 Å². The van der Waals surface area contributed by atoms with Gasteiger partial charge in [-0.25, -0.2) is 4.79 Å². The Labute approximate surface area is 181 Å². The van der Waals surface area contributed by atoms with E-state index in [4.69, 9.17) is 9.84 Å². The molecule has 0 spiro atoms. The van der Waals surface area contributed by atoms with Gasteiger partial charge in [0, 0.05) is 24.4 Å². The number of fused-ring (bicyclic) bond motifs is 3. The molecule has 0 saturated carbocycles. The van der Waals surface area contributed by atoms with Gasteiger partial charge in [0.2, 0.25) is 5.91 Å². The van der Waals surface area contributed by atoms with Gasteiger partial charge in [-0.2, -0.15) is 0 Å². The van der Waals surface area contributed by atoms with Gasteiger partial charge in [0.05, 0.1) is 6.42 Å². The lowest BCUT2D eigenvalue weighted by atomic mass is 9.98. The highest BCUT2D eigenvalue weighted by molar-refractivity contribution is 5.80. The first kappa shape index (κ1) is 22.3. The van der Waals surface area contributed by atoms with Crippen molar-refractivity contribution in [2.45, 2.75) is 51.1 Å². The summed E-state index contributed by atoms with van der Waals surface area (Å²) in [7, 11) is 0. The van der Waals surface area contributed by atoms with Crippen molar-refractivity contribution < 1.29 is 24.2 Å². The third kappa shape index (κ3) is 5.63. The molecule has 31 heavy (non-hydrogen) atoms. The van der Waals surface area contributed by atoms with Crippen molar-refractivity contribution in [3.63, 3.8) is 0 Å². The summed E-state index contributed by atoms with van der Waals surface area (Å²) in [5.41, 5.74) is 4.58. The first-order valence-electron chi connectivity index (χ1n) is 10.5. The second-order valence-electron chi connectivity index (χ2n) is 7.85. The molecule has 1 aliphatic carbocycles. The number of hydrogen-bond acceptors (Lipinski definition) is 4. The van der Waals surface area contributed by atoms with Crippen LogP contribution in [0.1, 0.15) is 50.2 Å². The van der Waals surface area contributed by atoms with Crippen LogP contribution in [-0.4, -0.2) is 41.8 Å². The number of carboxylic acids is 1. The van der Waals surface area contributed by atoms with Crippen LogP contribution in [0.3, 0.4) is 0 Å². The second kappa shape index (κ2) is 10.1. The summed E-state index contributed by atoms with van der Waals surface area (Å²) in [4.78, 5) is 35.3. The van der Waals surface area contributed by atoms with Crippen molar-refractivity contribution in [1.82, 2.24) is 10.6 Å². The molecule has 2 atom stereocenters. The molecule has 1 unspecified atom stereocenters. The lowest BCUT2D eigenvalue weighted by Crippen LogP contribution is -2.41. The minimum absolute atomic E-state index is 0.0296. The molecule has 0 fully saturated rings. The van der Waals surface area contributed by atoms with Crippen LogP contribution in [0.4, 0.5) is 4.79 Å². The Hall–Kier alpha value is -3.35. The molecular formula is C24H28N2O5. The molecule has 0 aliphatic heterocycles. The molecule has 0 bridgehead atoms. The Bertz CT molecular complexity index is 913. The number of amides is 2. The second-order valence-corrected chi connectivity index (χ2v) is 7.85. The number of nitrogens with one attached hydrogen (secondary N) is 2. The SMILES string of the molecule is CCC(CC(=O)O)NC(=O)C[C@@H](C)NC(=O)OCC1c2ccccc2-c2ccccc21. The van der Waals surface area contributed by atoms with E-state index in [1.165, 1.54) is 0 Å². The highest BCUT2D eigenvalue weighted by Gasteiger charge is 2.29. The Balaban J connectivity index is 1.51. The van der Waals surface area contributed by atoms with E-state index in [2.05, 4.69) is 34.9 Å². The zero-order valence-electron chi connectivity index (χ0n) is 17.8. The first-order valence-corrected chi connectivity index (χ1v) is 10.5. The molecular weight excluding hydrogens is 396 g/mol. The number of ether oxygens (including phenoxy) is 1. The van der Waals surface area contributed by atoms with Crippen LogP contribution >= 0.6 is 0 Å². The number of benzene rings is 2. The van der Waals surface area contributed by atoms with E-state index in [1.54, 1.807) is 6.92 Å². The zero-order valence-corrected chi connectivity index (χ0v) is 17.8. The van der Waals surface area contributed by atoms with Gasteiger partial charge < -0.3 is 20.5 Å². The van der Waals surface area contributed by atoms with Crippen LogP contribution in [-0.2, 0) is 14.3 Å². The Morgan fingerprint density at radius 3 is 2.10 bits per heavy atom. The molecule has 2 aromatic carbocycles. The fourth-order valence-electron chi connectivity index (χ4n) is 3.97. The molecule has 3 rings (SSSR count). The van der Waals surface area contributed by atoms with Gasteiger partial charge >= 0.3 is 12.1 Å². The quantitative estimate of drug-likeness (QED) is 0.570. The van der Waals surface area contributed by atoms with E-state index in [9.17, 15) is 14.4 Å². The van der Waals surface area contributed by atoms with Crippen molar-refractivity contribution in [2.24, 2.45) is 0 Å². The number of alkyl carbamates (subject to hydrolysis) is 1. The molecule has 7 heteroatoms. The van der Waals surface area contributed by atoms with Crippen molar-refractivity contribution in [1.29, 1.82) is 0 Å². The molecule has 0 radical (unpaired) electrons. The highest BCUT2D eigenvalue weighted by Crippen LogP contribution is 2.44. The zero-order chi connectivity index (χ0) is 22.4. The fraction of sp³-hybridized carbons (Fsp3) is 0.375. The van der Waals surface area contributed by atoms with Crippen molar-refractivity contribution in [2.75, 3.05) is 6.61 Å². The van der Waals surface area contributed by atoms with Gasteiger partial charge in [-0.15, -0.1) is 0 Å². The van der Waals surface area contributed by atoms with Crippen molar-refractivity contribution in [3.05, 3.63) is 59.7 Å². The Kier molecular flexibility index (Phi) is 7.28. The topological polar surface area (TPSA) is 105 Å². The number of carbonyl (C=O) groups is 3. The number of hydrogen-bond donors (Lipinski definition) is 3. The van der Waals surface area contributed by atoms with Crippen LogP contribution in [0.25, 0.3) is 11.1 Å². The van der Waals surface area contributed by atoms with Gasteiger partial charge in [-0.05, 0) is 35.6 Å². The summed E-state index contributed by atoms with van der Waals surface area (Å²) in [5.74, 6) is -1.30. The lowest BCUT2D eigenvalue weighted by molar-refractivity contribution is -0.137. The Morgan fingerprint density at radius 1 is 0.968 bits per heavy atom. The first-order chi connectivity index (χ1) is 14.9. The number of carboxylic acid groups (broad SMARTS) is 1. The standard InChI is InChI=1S/C24H28N2O5/c1-3-16(13-23(28)29)26-22(27)12-15(2)25-24(30)31-14-21-19-10-6-4-8-17(19)18-9-5-7-11-20(18)21/h4-11,15-16,21H,3,12-14H2,1-2H3,(H,25,30)(H,26,27)(H,28,29)/t15-,16?/m1/s1.